The highest BCUT2D eigenvalue weighted by Crippen LogP contribution is 2.34. The summed E-state index contributed by atoms with van der Waals surface area (Å²) in [5.41, 5.74) is 2.29. The molecular weight excluding hydrogens is 320 g/mol. The molecule has 2 heterocycles. The van der Waals surface area contributed by atoms with Crippen molar-refractivity contribution in [3.63, 3.8) is 0 Å². The Morgan fingerprint density at radius 2 is 1.84 bits per heavy atom. The minimum Gasteiger partial charge on any atom is -0.493 e. The van der Waals surface area contributed by atoms with Gasteiger partial charge in [0.15, 0.2) is 11.5 Å². The lowest BCUT2D eigenvalue weighted by Gasteiger charge is -2.33. The Morgan fingerprint density at radius 3 is 2.40 bits per heavy atom. The van der Waals surface area contributed by atoms with Crippen LogP contribution in [0, 0.1) is 5.92 Å². The van der Waals surface area contributed by atoms with Crippen LogP contribution in [0.2, 0.25) is 0 Å². The number of amides is 1. The first-order valence-corrected chi connectivity index (χ1v) is 8.41. The number of benzene rings is 1. The molecule has 25 heavy (non-hydrogen) atoms. The van der Waals surface area contributed by atoms with E-state index in [1.807, 2.05) is 30.9 Å². The average Bonchev–Trinajstić information content (AvgIpc) is 3.13. The molecule has 0 saturated carbocycles. The maximum atomic E-state index is 13.1. The monoisotopic (exact) mass is 344 g/mol. The quantitative estimate of drug-likeness (QED) is 0.830. The fourth-order valence-corrected chi connectivity index (χ4v) is 3.32. The zero-order valence-corrected chi connectivity index (χ0v) is 15.1. The zero-order chi connectivity index (χ0) is 18.0. The summed E-state index contributed by atoms with van der Waals surface area (Å²) in [5, 5.41) is 4.17. The van der Waals surface area contributed by atoms with Crippen LogP contribution in [0.25, 0.3) is 0 Å². The van der Waals surface area contributed by atoms with Gasteiger partial charge in [0, 0.05) is 13.1 Å². The highest BCUT2D eigenvalue weighted by Gasteiger charge is 2.31. The molecular formula is C18H24N4O3. The number of aromatic nitrogens is 3. The van der Waals surface area contributed by atoms with Gasteiger partial charge in [-0.25, -0.2) is 9.67 Å². The summed E-state index contributed by atoms with van der Waals surface area (Å²) < 4.78 is 12.4. The molecule has 1 aliphatic rings. The maximum absolute atomic E-state index is 13.1. The van der Waals surface area contributed by atoms with Crippen LogP contribution in [0.5, 0.6) is 11.5 Å². The summed E-state index contributed by atoms with van der Waals surface area (Å²) >= 11 is 0. The highest BCUT2D eigenvalue weighted by atomic mass is 16.5. The summed E-state index contributed by atoms with van der Waals surface area (Å²) in [6.07, 6.45) is 3.86. The van der Waals surface area contributed by atoms with Crippen molar-refractivity contribution in [2.24, 2.45) is 5.92 Å². The number of hydrogen-bond donors (Lipinski definition) is 0. The van der Waals surface area contributed by atoms with Crippen LogP contribution in [0.4, 0.5) is 0 Å². The summed E-state index contributed by atoms with van der Waals surface area (Å²) in [5.74, 6) is 1.61. The van der Waals surface area contributed by atoms with Gasteiger partial charge in [-0.15, -0.1) is 0 Å². The van der Waals surface area contributed by atoms with E-state index in [0.29, 0.717) is 18.8 Å². The lowest BCUT2D eigenvalue weighted by molar-refractivity contribution is -0.137. The van der Waals surface area contributed by atoms with Gasteiger partial charge in [-0.1, -0.05) is 13.8 Å². The fourth-order valence-electron chi connectivity index (χ4n) is 3.32. The van der Waals surface area contributed by atoms with E-state index in [-0.39, 0.29) is 17.9 Å². The molecule has 1 aromatic carbocycles. The van der Waals surface area contributed by atoms with Crippen molar-refractivity contribution in [3.8, 4) is 11.5 Å². The first-order chi connectivity index (χ1) is 12.0. The van der Waals surface area contributed by atoms with Crippen molar-refractivity contribution >= 4 is 5.91 Å². The summed E-state index contributed by atoms with van der Waals surface area (Å²) in [7, 11) is 3.25. The number of fused-ring (bicyclic) bond motifs is 1. The minimum atomic E-state index is -0.343. The van der Waals surface area contributed by atoms with Gasteiger partial charge >= 0.3 is 0 Å². The third-order valence-corrected chi connectivity index (χ3v) is 4.64. The minimum absolute atomic E-state index is 0.0703. The van der Waals surface area contributed by atoms with Gasteiger partial charge in [0.25, 0.3) is 0 Å². The summed E-state index contributed by atoms with van der Waals surface area (Å²) in [4.78, 5) is 19.0. The number of rotatable bonds is 5. The molecule has 0 bridgehead atoms. The molecule has 0 aliphatic carbocycles. The number of carbonyl (C=O) groups is 1. The van der Waals surface area contributed by atoms with Crippen molar-refractivity contribution < 1.29 is 14.3 Å². The van der Waals surface area contributed by atoms with Gasteiger partial charge in [0.05, 0.1) is 14.2 Å². The second kappa shape index (κ2) is 7.13. The second-order valence-electron chi connectivity index (χ2n) is 6.55. The van der Waals surface area contributed by atoms with Crippen molar-refractivity contribution in [1.82, 2.24) is 19.7 Å². The number of hydrogen-bond acceptors (Lipinski definition) is 5. The first-order valence-electron chi connectivity index (χ1n) is 8.41. The van der Waals surface area contributed by atoms with Crippen LogP contribution in [0.1, 0.15) is 31.0 Å². The maximum Gasteiger partial charge on any atom is 0.248 e. The van der Waals surface area contributed by atoms with Crippen LogP contribution in [-0.2, 0) is 17.8 Å². The van der Waals surface area contributed by atoms with Crippen LogP contribution >= 0.6 is 0 Å². The van der Waals surface area contributed by atoms with E-state index in [4.69, 9.17) is 9.47 Å². The van der Waals surface area contributed by atoms with Crippen LogP contribution in [0.3, 0.4) is 0 Å². The molecule has 3 rings (SSSR count). The van der Waals surface area contributed by atoms with Crippen LogP contribution in [0.15, 0.2) is 24.8 Å². The van der Waals surface area contributed by atoms with Crippen molar-refractivity contribution in [3.05, 3.63) is 35.9 Å². The van der Waals surface area contributed by atoms with E-state index < -0.39 is 0 Å². The van der Waals surface area contributed by atoms with E-state index in [2.05, 4.69) is 10.1 Å². The average molecular weight is 344 g/mol. The summed E-state index contributed by atoms with van der Waals surface area (Å²) in [6.45, 7) is 5.29. The summed E-state index contributed by atoms with van der Waals surface area (Å²) in [6, 6.07) is 3.63. The number of nitrogens with zero attached hydrogens (tertiary/aromatic N) is 4. The Morgan fingerprint density at radius 1 is 1.16 bits per heavy atom. The van der Waals surface area contributed by atoms with E-state index in [1.165, 1.54) is 11.9 Å². The highest BCUT2D eigenvalue weighted by molar-refractivity contribution is 5.81. The topological polar surface area (TPSA) is 69.5 Å². The second-order valence-corrected chi connectivity index (χ2v) is 6.55. The van der Waals surface area contributed by atoms with Gasteiger partial charge < -0.3 is 14.4 Å². The molecule has 0 saturated heterocycles. The molecule has 0 unspecified atom stereocenters. The Bertz CT molecular complexity index is 743. The fraction of sp³-hybridized carbons (Fsp3) is 0.500. The van der Waals surface area contributed by atoms with Crippen LogP contribution < -0.4 is 9.47 Å². The van der Waals surface area contributed by atoms with Crippen molar-refractivity contribution in [2.45, 2.75) is 32.9 Å². The molecule has 0 radical (unpaired) electrons. The molecule has 7 heteroatoms. The lowest BCUT2D eigenvalue weighted by Crippen LogP contribution is -2.42. The Balaban J connectivity index is 1.85. The zero-order valence-electron chi connectivity index (χ0n) is 15.1. The first kappa shape index (κ1) is 17.3. The lowest BCUT2D eigenvalue weighted by atomic mass is 9.96. The SMILES string of the molecule is COc1cc2c(cc1OC)CN(C(=O)[C@H](C(C)C)n1cncn1)CC2. The molecule has 1 amide bonds. The predicted molar refractivity (Wildman–Crippen MR) is 92.6 cm³/mol. The molecule has 2 aromatic rings. The van der Waals surface area contributed by atoms with Gasteiger partial charge in [-0.3, -0.25) is 4.79 Å². The normalized spacial score (nSPS) is 15.0. The number of ether oxygens (including phenoxy) is 2. The van der Waals surface area contributed by atoms with Crippen molar-refractivity contribution in [2.75, 3.05) is 20.8 Å². The Labute approximate surface area is 147 Å². The van der Waals surface area contributed by atoms with E-state index in [9.17, 15) is 4.79 Å². The predicted octanol–water partition coefficient (Wildman–Crippen LogP) is 2.08. The van der Waals surface area contributed by atoms with Crippen LogP contribution in [-0.4, -0.2) is 46.3 Å². The molecule has 1 atom stereocenters. The van der Waals surface area contributed by atoms with Gasteiger partial charge in [0.2, 0.25) is 5.91 Å². The van der Waals surface area contributed by atoms with E-state index >= 15 is 0 Å². The van der Waals surface area contributed by atoms with E-state index in [0.717, 1.165) is 17.7 Å². The van der Waals surface area contributed by atoms with Gasteiger partial charge in [-0.05, 0) is 35.6 Å². The third-order valence-electron chi connectivity index (χ3n) is 4.64. The van der Waals surface area contributed by atoms with E-state index in [1.54, 1.807) is 25.2 Å². The third kappa shape index (κ3) is 3.31. The number of methoxy groups -OCH3 is 2. The van der Waals surface area contributed by atoms with Crippen molar-refractivity contribution in [1.29, 1.82) is 0 Å². The Kier molecular flexibility index (Phi) is 4.92. The molecule has 7 nitrogen and oxygen atoms in total. The molecule has 0 spiro atoms. The molecule has 134 valence electrons. The standard InChI is InChI=1S/C18H24N4O3/c1-12(2)17(22-11-19-10-20-22)18(23)21-6-5-13-7-15(24-3)16(25-4)8-14(13)9-21/h7-8,10-12,17H,5-6,9H2,1-4H3/t17-/m0/s1. The molecule has 0 N–H and O–H groups in total. The number of carbonyl (C=O) groups excluding carboxylic acids is 1. The van der Waals surface area contributed by atoms with Gasteiger partial charge in [-0.2, -0.15) is 5.10 Å². The Hall–Kier alpha value is -2.57. The largest absolute Gasteiger partial charge is 0.493 e. The smallest absolute Gasteiger partial charge is 0.248 e. The molecule has 1 aliphatic heterocycles. The van der Waals surface area contributed by atoms with Gasteiger partial charge in [0.1, 0.15) is 18.7 Å². The molecule has 1 aromatic heterocycles. The molecule has 0 fully saturated rings.